The zero-order chi connectivity index (χ0) is 19.9. The summed E-state index contributed by atoms with van der Waals surface area (Å²) in [6, 6.07) is 17.7. The van der Waals surface area contributed by atoms with Crippen molar-refractivity contribution in [3.63, 3.8) is 0 Å². The largest absolute Gasteiger partial charge is 0.497 e. The fourth-order valence-corrected chi connectivity index (χ4v) is 3.68. The lowest BCUT2D eigenvalue weighted by atomic mass is 9.98. The predicted molar refractivity (Wildman–Crippen MR) is 111 cm³/mol. The highest BCUT2D eigenvalue weighted by Gasteiger charge is 2.18. The van der Waals surface area contributed by atoms with Crippen molar-refractivity contribution in [1.29, 1.82) is 0 Å². The van der Waals surface area contributed by atoms with E-state index in [4.69, 9.17) is 4.74 Å². The summed E-state index contributed by atoms with van der Waals surface area (Å²) in [5.74, 6) is 0.990. The van der Waals surface area contributed by atoms with Crippen LogP contribution in [0.15, 0.2) is 66.1 Å². The Hall–Kier alpha value is -2.80. The van der Waals surface area contributed by atoms with Gasteiger partial charge >= 0.3 is 0 Å². The lowest BCUT2D eigenvalue weighted by molar-refractivity contribution is -0.119. The lowest BCUT2D eigenvalue weighted by Crippen LogP contribution is -2.30. The highest BCUT2D eigenvalue weighted by atomic mass is 32.2. The van der Waals surface area contributed by atoms with E-state index in [1.807, 2.05) is 59.2 Å². The van der Waals surface area contributed by atoms with E-state index in [0.717, 1.165) is 22.0 Å². The zero-order valence-corrected chi connectivity index (χ0v) is 17.0. The van der Waals surface area contributed by atoms with Crippen molar-refractivity contribution in [1.82, 2.24) is 20.1 Å². The normalized spacial score (nSPS) is 12.0. The number of aromatic nitrogens is 3. The van der Waals surface area contributed by atoms with Gasteiger partial charge in [0.1, 0.15) is 12.1 Å². The van der Waals surface area contributed by atoms with Crippen LogP contribution in [0.4, 0.5) is 0 Å². The molecular formula is C21H24N4O2S. The molecule has 1 N–H and O–H groups in total. The van der Waals surface area contributed by atoms with Crippen molar-refractivity contribution in [2.24, 2.45) is 0 Å². The molecule has 6 nitrogen and oxygen atoms in total. The van der Waals surface area contributed by atoms with Gasteiger partial charge in [-0.3, -0.25) is 4.79 Å². The van der Waals surface area contributed by atoms with Crippen LogP contribution in [0.5, 0.6) is 5.75 Å². The van der Waals surface area contributed by atoms with Crippen LogP contribution in [0.1, 0.15) is 37.1 Å². The number of thioether (sulfide) groups is 1. The summed E-state index contributed by atoms with van der Waals surface area (Å²) in [5.41, 5.74) is 2.02. The van der Waals surface area contributed by atoms with E-state index >= 15 is 0 Å². The number of ether oxygens (including phenoxy) is 1. The van der Waals surface area contributed by atoms with E-state index in [-0.39, 0.29) is 23.7 Å². The van der Waals surface area contributed by atoms with E-state index in [9.17, 15) is 4.79 Å². The SMILES string of the molecule is COc1ccc([C@H](NC(=O)CSc2nncn2C(C)C)c2ccccc2)cc1. The van der Waals surface area contributed by atoms with Crippen molar-refractivity contribution in [3.8, 4) is 5.75 Å². The Kier molecular flexibility index (Phi) is 6.71. The van der Waals surface area contributed by atoms with Gasteiger partial charge in [-0.2, -0.15) is 0 Å². The Morgan fingerprint density at radius 1 is 1.11 bits per heavy atom. The Morgan fingerprint density at radius 2 is 1.79 bits per heavy atom. The molecule has 1 heterocycles. The number of rotatable bonds is 8. The van der Waals surface area contributed by atoms with Gasteiger partial charge in [-0.15, -0.1) is 10.2 Å². The molecule has 0 aliphatic carbocycles. The third kappa shape index (κ3) is 4.92. The van der Waals surface area contributed by atoms with Gasteiger partial charge in [-0.1, -0.05) is 54.2 Å². The second-order valence-electron chi connectivity index (χ2n) is 6.59. The quantitative estimate of drug-likeness (QED) is 0.586. The van der Waals surface area contributed by atoms with E-state index in [1.54, 1.807) is 13.4 Å². The second kappa shape index (κ2) is 9.41. The average Bonchev–Trinajstić information content (AvgIpc) is 3.20. The van der Waals surface area contributed by atoms with Crippen molar-refractivity contribution in [2.75, 3.05) is 12.9 Å². The summed E-state index contributed by atoms with van der Waals surface area (Å²) >= 11 is 1.39. The van der Waals surface area contributed by atoms with Crippen molar-refractivity contribution >= 4 is 17.7 Å². The fraction of sp³-hybridized carbons (Fsp3) is 0.286. The summed E-state index contributed by atoms with van der Waals surface area (Å²) in [4.78, 5) is 12.7. The summed E-state index contributed by atoms with van der Waals surface area (Å²) in [6.07, 6.45) is 1.69. The zero-order valence-electron chi connectivity index (χ0n) is 16.2. The first-order valence-corrected chi connectivity index (χ1v) is 10.1. The molecule has 3 rings (SSSR count). The smallest absolute Gasteiger partial charge is 0.231 e. The fourth-order valence-electron chi connectivity index (χ4n) is 2.82. The van der Waals surface area contributed by atoms with Gasteiger partial charge in [0.2, 0.25) is 5.91 Å². The van der Waals surface area contributed by atoms with Crippen LogP contribution < -0.4 is 10.1 Å². The Bertz CT molecular complexity index is 894. The molecule has 0 unspecified atom stereocenters. The van der Waals surface area contributed by atoms with Gasteiger partial charge in [-0.05, 0) is 37.1 Å². The van der Waals surface area contributed by atoms with Crippen molar-refractivity contribution < 1.29 is 9.53 Å². The van der Waals surface area contributed by atoms with E-state index in [0.29, 0.717) is 0 Å². The molecule has 146 valence electrons. The number of benzene rings is 2. The molecule has 0 fully saturated rings. The average molecular weight is 397 g/mol. The summed E-state index contributed by atoms with van der Waals surface area (Å²) < 4.78 is 7.19. The van der Waals surface area contributed by atoms with Gasteiger partial charge in [0, 0.05) is 6.04 Å². The molecular weight excluding hydrogens is 372 g/mol. The van der Waals surface area contributed by atoms with E-state index < -0.39 is 0 Å². The molecule has 28 heavy (non-hydrogen) atoms. The van der Waals surface area contributed by atoms with Crippen LogP contribution in [-0.4, -0.2) is 33.5 Å². The van der Waals surface area contributed by atoms with Gasteiger partial charge in [0.15, 0.2) is 5.16 Å². The molecule has 1 amide bonds. The minimum absolute atomic E-state index is 0.0621. The first kappa shape index (κ1) is 19.9. The molecule has 0 radical (unpaired) electrons. The van der Waals surface area contributed by atoms with Crippen molar-refractivity contribution in [2.45, 2.75) is 31.1 Å². The molecule has 0 bridgehead atoms. The Morgan fingerprint density at radius 3 is 2.43 bits per heavy atom. The van der Waals surface area contributed by atoms with Crippen LogP contribution in [0.3, 0.4) is 0 Å². The highest BCUT2D eigenvalue weighted by Crippen LogP contribution is 2.25. The van der Waals surface area contributed by atoms with Crippen LogP contribution in [0.25, 0.3) is 0 Å². The number of nitrogens with one attached hydrogen (secondary N) is 1. The first-order valence-electron chi connectivity index (χ1n) is 9.09. The van der Waals surface area contributed by atoms with Gasteiger partial charge < -0.3 is 14.6 Å². The van der Waals surface area contributed by atoms with Gasteiger partial charge in [-0.25, -0.2) is 0 Å². The Balaban J connectivity index is 1.73. The summed E-state index contributed by atoms with van der Waals surface area (Å²) in [7, 11) is 1.64. The molecule has 0 spiro atoms. The van der Waals surface area contributed by atoms with Crippen LogP contribution in [-0.2, 0) is 4.79 Å². The summed E-state index contributed by atoms with van der Waals surface area (Å²) in [6.45, 7) is 4.12. The summed E-state index contributed by atoms with van der Waals surface area (Å²) in [5, 5.41) is 11.9. The number of nitrogens with zero attached hydrogens (tertiary/aromatic N) is 3. The van der Waals surface area contributed by atoms with Gasteiger partial charge in [0.05, 0.1) is 18.9 Å². The lowest BCUT2D eigenvalue weighted by Gasteiger charge is -2.20. The number of hydrogen-bond acceptors (Lipinski definition) is 5. The third-order valence-electron chi connectivity index (χ3n) is 4.32. The molecule has 0 saturated carbocycles. The van der Waals surface area contributed by atoms with E-state index in [2.05, 4.69) is 29.4 Å². The van der Waals surface area contributed by atoms with Crippen LogP contribution >= 0.6 is 11.8 Å². The minimum atomic E-state index is -0.233. The molecule has 3 aromatic rings. The number of carbonyl (C=O) groups excluding carboxylic acids is 1. The molecule has 0 saturated heterocycles. The maximum Gasteiger partial charge on any atom is 0.231 e. The second-order valence-corrected chi connectivity index (χ2v) is 7.53. The van der Waals surface area contributed by atoms with E-state index in [1.165, 1.54) is 11.8 Å². The number of methoxy groups -OCH3 is 1. The topological polar surface area (TPSA) is 69.0 Å². The minimum Gasteiger partial charge on any atom is -0.497 e. The molecule has 0 aliphatic heterocycles. The highest BCUT2D eigenvalue weighted by molar-refractivity contribution is 7.99. The van der Waals surface area contributed by atoms with Crippen LogP contribution in [0, 0.1) is 0 Å². The first-order chi connectivity index (χ1) is 13.6. The predicted octanol–water partition coefficient (Wildman–Crippen LogP) is 3.87. The molecule has 2 aromatic carbocycles. The molecule has 1 atom stereocenters. The standard InChI is InChI=1S/C21H24N4O2S/c1-15(2)25-14-22-24-21(25)28-13-19(26)23-20(16-7-5-4-6-8-16)17-9-11-18(27-3)12-10-17/h4-12,14-15,20H,13H2,1-3H3,(H,23,26)/t20-/m1/s1. The Labute approximate surface area is 169 Å². The van der Waals surface area contributed by atoms with Crippen LogP contribution in [0.2, 0.25) is 0 Å². The maximum atomic E-state index is 12.7. The molecule has 1 aromatic heterocycles. The molecule has 0 aliphatic rings. The number of amides is 1. The van der Waals surface area contributed by atoms with Gasteiger partial charge in [0.25, 0.3) is 0 Å². The maximum absolute atomic E-state index is 12.7. The third-order valence-corrected chi connectivity index (χ3v) is 5.27. The van der Waals surface area contributed by atoms with Crippen molar-refractivity contribution in [3.05, 3.63) is 72.1 Å². The number of hydrogen-bond donors (Lipinski definition) is 1. The monoisotopic (exact) mass is 396 g/mol. The molecule has 7 heteroatoms. The number of carbonyl (C=O) groups is 1.